The van der Waals surface area contributed by atoms with Crippen LogP contribution in [0.2, 0.25) is 0 Å². The van der Waals surface area contributed by atoms with Gasteiger partial charge in [0.15, 0.2) is 5.65 Å². The lowest BCUT2D eigenvalue weighted by molar-refractivity contribution is -0.131. The minimum Gasteiger partial charge on any atom is -0.343 e. The van der Waals surface area contributed by atoms with Crippen LogP contribution in [-0.2, 0) is 16.0 Å². The summed E-state index contributed by atoms with van der Waals surface area (Å²) in [5.41, 5.74) is 1.87. The van der Waals surface area contributed by atoms with Gasteiger partial charge in [0.05, 0.1) is 11.9 Å². The molecule has 2 aliphatic rings. The maximum Gasteiger partial charge on any atom is 0.219 e. The fourth-order valence-corrected chi connectivity index (χ4v) is 4.69. The van der Waals surface area contributed by atoms with E-state index in [1.54, 1.807) is 20.0 Å². The molecule has 0 saturated carbocycles. The summed E-state index contributed by atoms with van der Waals surface area (Å²) in [6, 6.07) is 0.476. The molecule has 156 valence electrons. The molecule has 4 heterocycles. The van der Waals surface area contributed by atoms with Gasteiger partial charge in [-0.25, -0.2) is 4.98 Å². The Morgan fingerprint density at radius 1 is 1.00 bits per heavy atom. The van der Waals surface area contributed by atoms with Gasteiger partial charge in [-0.15, -0.1) is 0 Å². The molecule has 2 fully saturated rings. The van der Waals surface area contributed by atoms with Gasteiger partial charge in [-0.1, -0.05) is 0 Å². The SMILES string of the molecule is CC(=O)N1CCC(N2CCN(C(C)=O)CC(Cc3cn4ccnc4cn3)C2)CC1. The number of rotatable bonds is 3. The second-order valence-corrected chi connectivity index (χ2v) is 8.34. The van der Waals surface area contributed by atoms with Crippen LogP contribution in [0.5, 0.6) is 0 Å². The molecule has 2 aliphatic heterocycles. The molecule has 1 unspecified atom stereocenters. The van der Waals surface area contributed by atoms with Crippen molar-refractivity contribution in [2.24, 2.45) is 5.92 Å². The third-order valence-corrected chi connectivity index (χ3v) is 6.33. The van der Waals surface area contributed by atoms with Crippen LogP contribution in [0.1, 0.15) is 32.4 Å². The van der Waals surface area contributed by atoms with E-state index in [0.717, 1.165) is 69.9 Å². The number of nitrogens with zero attached hydrogens (tertiary/aromatic N) is 6. The molecule has 1 atom stereocenters. The molecule has 0 spiro atoms. The average Bonchev–Trinajstić information content (AvgIpc) is 3.06. The lowest BCUT2D eigenvalue weighted by Crippen LogP contribution is -2.48. The van der Waals surface area contributed by atoms with Crippen LogP contribution >= 0.6 is 0 Å². The standard InChI is InChI=1S/C21H30N6O2/c1-16(28)24-6-3-20(4-7-24)26-10-9-25(17(2)29)13-18(14-26)11-19-15-27-8-5-22-21(27)12-23-19/h5,8,12,15,18,20H,3-4,6-7,9-11,13-14H2,1-2H3. The number of aromatic nitrogens is 3. The fraction of sp³-hybridized carbons (Fsp3) is 0.619. The number of imidazole rings is 1. The van der Waals surface area contributed by atoms with Gasteiger partial charge in [-0.2, -0.15) is 0 Å². The van der Waals surface area contributed by atoms with Crippen LogP contribution in [0.25, 0.3) is 5.65 Å². The molecule has 2 saturated heterocycles. The van der Waals surface area contributed by atoms with E-state index in [9.17, 15) is 9.59 Å². The van der Waals surface area contributed by atoms with Gasteiger partial charge >= 0.3 is 0 Å². The van der Waals surface area contributed by atoms with Crippen molar-refractivity contribution >= 4 is 17.5 Å². The van der Waals surface area contributed by atoms with Crippen molar-refractivity contribution in [2.45, 2.75) is 39.2 Å². The molecule has 29 heavy (non-hydrogen) atoms. The Kier molecular flexibility index (Phi) is 5.80. The molecule has 0 aromatic carbocycles. The van der Waals surface area contributed by atoms with Crippen LogP contribution in [0, 0.1) is 5.92 Å². The zero-order chi connectivity index (χ0) is 20.4. The summed E-state index contributed by atoms with van der Waals surface area (Å²) in [4.78, 5) is 39.1. The Morgan fingerprint density at radius 2 is 1.76 bits per heavy atom. The number of carbonyl (C=O) groups excluding carboxylic acids is 2. The van der Waals surface area contributed by atoms with Gasteiger partial charge < -0.3 is 14.2 Å². The second kappa shape index (κ2) is 8.49. The lowest BCUT2D eigenvalue weighted by atomic mass is 9.98. The summed E-state index contributed by atoms with van der Waals surface area (Å²) in [5.74, 6) is 0.642. The third kappa shape index (κ3) is 4.58. The minimum atomic E-state index is 0.140. The molecule has 2 aromatic heterocycles. The van der Waals surface area contributed by atoms with Crippen LogP contribution < -0.4 is 0 Å². The van der Waals surface area contributed by atoms with Crippen LogP contribution in [0.15, 0.2) is 24.8 Å². The van der Waals surface area contributed by atoms with Crippen molar-refractivity contribution in [1.82, 2.24) is 29.1 Å². The van der Waals surface area contributed by atoms with E-state index < -0.39 is 0 Å². The highest BCUT2D eigenvalue weighted by Gasteiger charge is 2.31. The Labute approximate surface area is 171 Å². The van der Waals surface area contributed by atoms with Crippen LogP contribution in [0.4, 0.5) is 0 Å². The van der Waals surface area contributed by atoms with E-state index in [1.807, 2.05) is 32.8 Å². The number of carbonyl (C=O) groups is 2. The maximum absolute atomic E-state index is 12.1. The monoisotopic (exact) mass is 398 g/mol. The molecule has 2 aromatic rings. The number of likely N-dealkylation sites (tertiary alicyclic amines) is 1. The zero-order valence-electron chi connectivity index (χ0n) is 17.3. The Morgan fingerprint density at radius 3 is 2.48 bits per heavy atom. The molecule has 2 amide bonds. The summed E-state index contributed by atoms with van der Waals surface area (Å²) in [5, 5.41) is 0. The van der Waals surface area contributed by atoms with Crippen LogP contribution in [-0.4, -0.2) is 86.2 Å². The first kappa shape index (κ1) is 19.8. The van der Waals surface area contributed by atoms with Crippen LogP contribution in [0.3, 0.4) is 0 Å². The highest BCUT2D eigenvalue weighted by Crippen LogP contribution is 2.22. The predicted molar refractivity (Wildman–Crippen MR) is 109 cm³/mol. The molecule has 0 aliphatic carbocycles. The highest BCUT2D eigenvalue weighted by molar-refractivity contribution is 5.73. The van der Waals surface area contributed by atoms with Crippen molar-refractivity contribution in [2.75, 3.05) is 39.3 Å². The van der Waals surface area contributed by atoms with E-state index in [1.165, 1.54) is 0 Å². The predicted octanol–water partition coefficient (Wildman–Crippen LogP) is 1.06. The number of hydrogen-bond acceptors (Lipinski definition) is 5. The Hall–Kier alpha value is -2.48. The first-order valence-electron chi connectivity index (χ1n) is 10.5. The summed E-state index contributed by atoms with van der Waals surface area (Å²) in [7, 11) is 0. The highest BCUT2D eigenvalue weighted by atomic mass is 16.2. The zero-order valence-corrected chi connectivity index (χ0v) is 17.3. The summed E-state index contributed by atoms with van der Waals surface area (Å²) < 4.78 is 2.00. The third-order valence-electron chi connectivity index (χ3n) is 6.33. The molecule has 0 bridgehead atoms. The van der Waals surface area contributed by atoms with Gasteiger partial charge in [0.25, 0.3) is 0 Å². The van der Waals surface area contributed by atoms with Crippen molar-refractivity contribution in [1.29, 1.82) is 0 Å². The molecule has 0 radical (unpaired) electrons. The molecule has 8 nitrogen and oxygen atoms in total. The van der Waals surface area contributed by atoms with Crippen molar-refractivity contribution < 1.29 is 9.59 Å². The van der Waals surface area contributed by atoms with E-state index >= 15 is 0 Å². The maximum atomic E-state index is 12.1. The summed E-state index contributed by atoms with van der Waals surface area (Å²) in [6.45, 7) is 8.36. The van der Waals surface area contributed by atoms with Crippen molar-refractivity contribution in [3.05, 3.63) is 30.5 Å². The van der Waals surface area contributed by atoms with Gasteiger partial charge in [-0.05, 0) is 25.2 Å². The van der Waals surface area contributed by atoms with E-state index in [-0.39, 0.29) is 11.8 Å². The fourth-order valence-electron chi connectivity index (χ4n) is 4.69. The van der Waals surface area contributed by atoms with Crippen molar-refractivity contribution in [3.8, 4) is 0 Å². The summed E-state index contributed by atoms with van der Waals surface area (Å²) >= 11 is 0. The quantitative estimate of drug-likeness (QED) is 0.773. The normalized spacial score (nSPS) is 22.1. The number of amides is 2. The molecular weight excluding hydrogens is 368 g/mol. The topological polar surface area (TPSA) is 74.1 Å². The van der Waals surface area contributed by atoms with Gasteiger partial charge in [0.2, 0.25) is 11.8 Å². The average molecular weight is 399 g/mol. The minimum absolute atomic E-state index is 0.140. The molecule has 8 heteroatoms. The van der Waals surface area contributed by atoms with E-state index in [2.05, 4.69) is 14.9 Å². The lowest BCUT2D eigenvalue weighted by Gasteiger charge is -2.38. The van der Waals surface area contributed by atoms with E-state index in [4.69, 9.17) is 0 Å². The van der Waals surface area contributed by atoms with E-state index in [0.29, 0.717) is 12.0 Å². The van der Waals surface area contributed by atoms with Crippen molar-refractivity contribution in [3.63, 3.8) is 0 Å². The Bertz CT molecular complexity index is 873. The largest absolute Gasteiger partial charge is 0.343 e. The molecule has 0 N–H and O–H groups in total. The first-order chi connectivity index (χ1) is 14.0. The first-order valence-corrected chi connectivity index (χ1v) is 10.5. The van der Waals surface area contributed by atoms with Gasteiger partial charge in [0.1, 0.15) is 0 Å². The molecule has 4 rings (SSSR count). The second-order valence-electron chi connectivity index (χ2n) is 8.34. The Balaban J connectivity index is 1.47. The molecular formula is C21H30N6O2. The smallest absolute Gasteiger partial charge is 0.219 e. The number of fused-ring (bicyclic) bond motifs is 1. The summed E-state index contributed by atoms with van der Waals surface area (Å²) in [6.07, 6.45) is 10.4. The number of hydrogen-bond donors (Lipinski definition) is 0. The number of piperidine rings is 1. The van der Waals surface area contributed by atoms with Gasteiger partial charge in [0, 0.05) is 77.7 Å². The van der Waals surface area contributed by atoms with Gasteiger partial charge in [-0.3, -0.25) is 19.5 Å².